The maximum atomic E-state index is 6.19. The van der Waals surface area contributed by atoms with Gasteiger partial charge in [-0.3, -0.25) is 4.90 Å². The highest BCUT2D eigenvalue weighted by Crippen LogP contribution is 2.33. The molecule has 2 aliphatic heterocycles. The van der Waals surface area contributed by atoms with Crippen molar-refractivity contribution in [2.75, 3.05) is 31.6 Å². The van der Waals surface area contributed by atoms with Crippen molar-refractivity contribution < 1.29 is 4.74 Å². The molecule has 2 heterocycles. The summed E-state index contributed by atoms with van der Waals surface area (Å²) < 4.78 is 6.19. The molecule has 1 unspecified atom stereocenters. The zero-order valence-corrected chi connectivity index (χ0v) is 12.0. The van der Waals surface area contributed by atoms with Gasteiger partial charge in [-0.05, 0) is 51.4 Å². The molecule has 2 aliphatic rings. The van der Waals surface area contributed by atoms with Gasteiger partial charge in [-0.25, -0.2) is 0 Å². The third-order valence-corrected chi connectivity index (χ3v) is 4.65. The SMILES string of the molecule is CCN1CCCC1(C)COc1cccc2c1CCN2. The van der Waals surface area contributed by atoms with E-state index in [2.05, 4.69) is 42.3 Å². The van der Waals surface area contributed by atoms with Crippen LogP contribution in [0, 0.1) is 0 Å². The zero-order chi connectivity index (χ0) is 13.3. The molecule has 0 amide bonds. The van der Waals surface area contributed by atoms with Gasteiger partial charge in [0.2, 0.25) is 0 Å². The number of rotatable bonds is 4. The summed E-state index contributed by atoms with van der Waals surface area (Å²) in [6.07, 6.45) is 3.62. The molecule has 1 fully saturated rings. The summed E-state index contributed by atoms with van der Waals surface area (Å²) in [4.78, 5) is 2.55. The number of benzene rings is 1. The van der Waals surface area contributed by atoms with Crippen molar-refractivity contribution in [2.45, 2.75) is 38.6 Å². The van der Waals surface area contributed by atoms with Gasteiger partial charge < -0.3 is 10.1 Å². The van der Waals surface area contributed by atoms with Gasteiger partial charge >= 0.3 is 0 Å². The molecule has 0 spiro atoms. The van der Waals surface area contributed by atoms with E-state index in [1.807, 2.05) is 0 Å². The molecular weight excluding hydrogens is 236 g/mol. The number of hydrogen-bond acceptors (Lipinski definition) is 3. The van der Waals surface area contributed by atoms with E-state index in [-0.39, 0.29) is 5.54 Å². The number of ether oxygens (including phenoxy) is 1. The van der Waals surface area contributed by atoms with Gasteiger partial charge in [0.1, 0.15) is 12.4 Å². The van der Waals surface area contributed by atoms with E-state index in [1.165, 1.54) is 30.6 Å². The number of fused-ring (bicyclic) bond motifs is 1. The molecule has 0 aromatic heterocycles. The maximum Gasteiger partial charge on any atom is 0.124 e. The summed E-state index contributed by atoms with van der Waals surface area (Å²) in [5.41, 5.74) is 2.82. The molecule has 3 rings (SSSR count). The molecular formula is C16H24N2O. The normalized spacial score (nSPS) is 26.2. The van der Waals surface area contributed by atoms with E-state index >= 15 is 0 Å². The Morgan fingerprint density at radius 2 is 2.32 bits per heavy atom. The Morgan fingerprint density at radius 3 is 3.16 bits per heavy atom. The summed E-state index contributed by atoms with van der Waals surface area (Å²) in [5, 5.41) is 3.41. The summed E-state index contributed by atoms with van der Waals surface area (Å²) in [6.45, 7) is 8.75. The molecule has 3 nitrogen and oxygen atoms in total. The largest absolute Gasteiger partial charge is 0.491 e. The fourth-order valence-corrected chi connectivity index (χ4v) is 3.46. The van der Waals surface area contributed by atoms with Crippen LogP contribution in [0.15, 0.2) is 18.2 Å². The van der Waals surface area contributed by atoms with E-state index in [9.17, 15) is 0 Å². The van der Waals surface area contributed by atoms with Crippen LogP contribution < -0.4 is 10.1 Å². The number of likely N-dealkylation sites (N-methyl/N-ethyl adjacent to an activating group) is 1. The van der Waals surface area contributed by atoms with Crippen molar-refractivity contribution in [3.63, 3.8) is 0 Å². The maximum absolute atomic E-state index is 6.19. The standard InChI is InChI=1S/C16H24N2O/c1-3-18-11-5-9-16(18,2)12-19-15-7-4-6-14-13(15)8-10-17-14/h4,6-7,17H,3,5,8-12H2,1-2H3. The average Bonchev–Trinajstić information content (AvgIpc) is 3.03. The smallest absolute Gasteiger partial charge is 0.124 e. The van der Waals surface area contributed by atoms with Gasteiger partial charge in [-0.2, -0.15) is 0 Å². The van der Waals surface area contributed by atoms with Crippen LogP contribution in [-0.4, -0.2) is 36.7 Å². The fourth-order valence-electron chi connectivity index (χ4n) is 3.46. The first-order valence-corrected chi connectivity index (χ1v) is 7.46. The van der Waals surface area contributed by atoms with Crippen molar-refractivity contribution in [3.8, 4) is 5.75 Å². The van der Waals surface area contributed by atoms with Crippen LogP contribution in [0.2, 0.25) is 0 Å². The zero-order valence-electron chi connectivity index (χ0n) is 12.0. The van der Waals surface area contributed by atoms with Gasteiger partial charge in [-0.1, -0.05) is 13.0 Å². The highest BCUT2D eigenvalue weighted by Gasteiger charge is 2.36. The number of anilines is 1. The summed E-state index contributed by atoms with van der Waals surface area (Å²) in [7, 11) is 0. The van der Waals surface area contributed by atoms with Crippen LogP contribution >= 0.6 is 0 Å². The first-order valence-electron chi connectivity index (χ1n) is 7.46. The van der Waals surface area contributed by atoms with E-state index in [0.717, 1.165) is 31.9 Å². The molecule has 1 N–H and O–H groups in total. The lowest BCUT2D eigenvalue weighted by Crippen LogP contribution is -2.45. The minimum absolute atomic E-state index is 0.212. The van der Waals surface area contributed by atoms with E-state index in [1.54, 1.807) is 0 Å². The second kappa shape index (κ2) is 5.04. The van der Waals surface area contributed by atoms with Crippen molar-refractivity contribution >= 4 is 5.69 Å². The Balaban J connectivity index is 1.71. The predicted molar refractivity (Wildman–Crippen MR) is 79.0 cm³/mol. The number of likely N-dealkylation sites (tertiary alicyclic amines) is 1. The van der Waals surface area contributed by atoms with Crippen LogP contribution in [-0.2, 0) is 6.42 Å². The molecule has 3 heteroatoms. The summed E-state index contributed by atoms with van der Waals surface area (Å²) in [5.74, 6) is 1.08. The number of hydrogen-bond donors (Lipinski definition) is 1. The van der Waals surface area contributed by atoms with E-state index in [0.29, 0.717) is 0 Å². The quantitative estimate of drug-likeness (QED) is 0.901. The van der Waals surface area contributed by atoms with Crippen molar-refractivity contribution in [3.05, 3.63) is 23.8 Å². The lowest BCUT2D eigenvalue weighted by molar-refractivity contribution is 0.0954. The van der Waals surface area contributed by atoms with E-state index < -0.39 is 0 Å². The average molecular weight is 260 g/mol. The Bertz CT molecular complexity index is 460. The van der Waals surface area contributed by atoms with Gasteiger partial charge in [0.25, 0.3) is 0 Å². The summed E-state index contributed by atoms with van der Waals surface area (Å²) in [6, 6.07) is 6.34. The molecule has 0 aliphatic carbocycles. The monoisotopic (exact) mass is 260 g/mol. The van der Waals surface area contributed by atoms with E-state index in [4.69, 9.17) is 4.74 Å². The molecule has 0 saturated carbocycles. The molecule has 0 radical (unpaired) electrons. The molecule has 1 atom stereocenters. The van der Waals surface area contributed by atoms with Crippen LogP contribution in [0.25, 0.3) is 0 Å². The Labute approximate surface area is 115 Å². The Hall–Kier alpha value is -1.22. The van der Waals surface area contributed by atoms with Crippen molar-refractivity contribution in [1.82, 2.24) is 4.90 Å². The first kappa shape index (κ1) is 12.8. The van der Waals surface area contributed by atoms with Crippen LogP contribution in [0.3, 0.4) is 0 Å². The predicted octanol–water partition coefficient (Wildman–Crippen LogP) is 2.91. The third kappa shape index (κ3) is 2.32. The topological polar surface area (TPSA) is 24.5 Å². The molecule has 104 valence electrons. The highest BCUT2D eigenvalue weighted by molar-refractivity contribution is 5.61. The van der Waals surface area contributed by atoms with Gasteiger partial charge in [0, 0.05) is 17.8 Å². The van der Waals surface area contributed by atoms with Crippen molar-refractivity contribution in [2.24, 2.45) is 0 Å². The van der Waals surface area contributed by atoms with Crippen LogP contribution in [0.4, 0.5) is 5.69 Å². The molecule has 1 aromatic rings. The minimum atomic E-state index is 0.212. The second-order valence-electron chi connectivity index (χ2n) is 5.93. The molecule has 19 heavy (non-hydrogen) atoms. The van der Waals surface area contributed by atoms with Gasteiger partial charge in [0.05, 0.1) is 5.54 Å². The number of nitrogens with one attached hydrogen (secondary N) is 1. The first-order chi connectivity index (χ1) is 9.23. The molecule has 1 saturated heterocycles. The van der Waals surface area contributed by atoms with Crippen molar-refractivity contribution in [1.29, 1.82) is 0 Å². The van der Waals surface area contributed by atoms with Gasteiger partial charge in [0.15, 0.2) is 0 Å². The molecule has 0 bridgehead atoms. The molecule has 1 aromatic carbocycles. The lowest BCUT2D eigenvalue weighted by atomic mass is 10.0. The third-order valence-electron chi connectivity index (χ3n) is 4.65. The minimum Gasteiger partial charge on any atom is -0.491 e. The van der Waals surface area contributed by atoms with Crippen LogP contribution in [0.5, 0.6) is 5.75 Å². The van der Waals surface area contributed by atoms with Gasteiger partial charge in [-0.15, -0.1) is 0 Å². The number of nitrogens with zero attached hydrogens (tertiary/aromatic N) is 1. The summed E-state index contributed by atoms with van der Waals surface area (Å²) >= 11 is 0. The Morgan fingerprint density at radius 1 is 1.42 bits per heavy atom. The van der Waals surface area contributed by atoms with Crippen LogP contribution in [0.1, 0.15) is 32.3 Å². The highest BCUT2D eigenvalue weighted by atomic mass is 16.5. The second-order valence-corrected chi connectivity index (χ2v) is 5.93. The fraction of sp³-hybridized carbons (Fsp3) is 0.625. The Kier molecular flexibility index (Phi) is 3.40. The lowest BCUT2D eigenvalue weighted by Gasteiger charge is -2.34.